The molecule has 1 aliphatic heterocycles. The fourth-order valence-electron chi connectivity index (χ4n) is 7.19. The number of carbonyl (C=O) groups is 2. The molecule has 1 N–H and O–H groups in total. The smallest absolute Gasteiger partial charge is 0.254 e. The molecule has 1 saturated heterocycles. The second-order valence-electron chi connectivity index (χ2n) is 12.7. The maximum atomic E-state index is 13.9. The average Bonchev–Trinajstić information content (AvgIpc) is 3.88. The van der Waals surface area contributed by atoms with Crippen LogP contribution in [0.1, 0.15) is 97.3 Å². The van der Waals surface area contributed by atoms with Crippen LogP contribution in [0, 0.1) is 5.92 Å². The third kappa shape index (κ3) is 6.78. The van der Waals surface area contributed by atoms with Crippen LogP contribution in [0.4, 0.5) is 0 Å². The van der Waals surface area contributed by atoms with Crippen LogP contribution in [-0.4, -0.2) is 46.8 Å². The summed E-state index contributed by atoms with van der Waals surface area (Å²) in [6.45, 7) is 5.11. The lowest BCUT2D eigenvalue weighted by Crippen LogP contribution is -2.48. The van der Waals surface area contributed by atoms with Gasteiger partial charge in [0.1, 0.15) is 0 Å². The number of hydrogen-bond acceptors (Lipinski definition) is 3. The van der Waals surface area contributed by atoms with Crippen molar-refractivity contribution in [2.24, 2.45) is 5.92 Å². The standard InChI is InChI=1S/C37H45N3O2/c1-27(29-12-6-3-7-13-29)38-36(41)35-15-9-8-14-34(35)30-16-18-31(19-17-30)37(42)40(32-20-21-32)33-22-24-39(25-23-33)26-28-10-4-2-5-11-28/h2-7,10-13,16-19,27,32-35H,8-9,14-15,20-26H2,1H3,(H,38,41)/t27-,34+,35-/m0/s1. The van der Waals surface area contributed by atoms with Crippen LogP contribution >= 0.6 is 0 Å². The van der Waals surface area contributed by atoms with Gasteiger partial charge in [-0.1, -0.05) is 85.6 Å². The van der Waals surface area contributed by atoms with Crippen LogP contribution in [0.3, 0.4) is 0 Å². The largest absolute Gasteiger partial charge is 0.349 e. The van der Waals surface area contributed by atoms with Gasteiger partial charge in [0.15, 0.2) is 0 Å². The number of nitrogens with zero attached hydrogens (tertiary/aromatic N) is 2. The van der Waals surface area contributed by atoms with Crippen molar-refractivity contribution < 1.29 is 9.59 Å². The van der Waals surface area contributed by atoms with E-state index in [-0.39, 0.29) is 29.7 Å². The molecule has 3 aromatic rings. The molecule has 1 heterocycles. The Balaban J connectivity index is 1.09. The van der Waals surface area contributed by atoms with Crippen LogP contribution in [0.25, 0.3) is 0 Å². The van der Waals surface area contributed by atoms with Crippen LogP contribution in [0.2, 0.25) is 0 Å². The Morgan fingerprint density at radius 2 is 1.40 bits per heavy atom. The Morgan fingerprint density at radius 1 is 0.786 bits per heavy atom. The van der Waals surface area contributed by atoms with E-state index in [1.807, 2.05) is 30.3 Å². The number of amides is 2. The van der Waals surface area contributed by atoms with E-state index in [0.717, 1.165) is 82.1 Å². The van der Waals surface area contributed by atoms with Gasteiger partial charge in [0.05, 0.1) is 6.04 Å². The third-order valence-electron chi connectivity index (χ3n) is 9.72. The molecule has 0 bridgehead atoms. The van der Waals surface area contributed by atoms with Gasteiger partial charge in [0, 0.05) is 43.2 Å². The number of nitrogens with one attached hydrogen (secondary N) is 1. The van der Waals surface area contributed by atoms with Gasteiger partial charge >= 0.3 is 0 Å². The quantitative estimate of drug-likeness (QED) is 0.302. The number of piperidine rings is 1. The van der Waals surface area contributed by atoms with Crippen molar-refractivity contribution in [1.82, 2.24) is 15.1 Å². The van der Waals surface area contributed by atoms with Crippen molar-refractivity contribution in [2.45, 2.75) is 88.9 Å². The van der Waals surface area contributed by atoms with E-state index in [4.69, 9.17) is 0 Å². The van der Waals surface area contributed by atoms with E-state index in [9.17, 15) is 9.59 Å². The van der Waals surface area contributed by atoms with Crippen molar-refractivity contribution in [3.8, 4) is 0 Å². The molecule has 220 valence electrons. The summed E-state index contributed by atoms with van der Waals surface area (Å²) in [4.78, 5) is 32.0. The third-order valence-corrected chi connectivity index (χ3v) is 9.72. The molecule has 0 unspecified atom stereocenters. The molecular weight excluding hydrogens is 518 g/mol. The van der Waals surface area contributed by atoms with E-state index in [2.05, 4.69) is 76.6 Å². The monoisotopic (exact) mass is 563 g/mol. The van der Waals surface area contributed by atoms with Gasteiger partial charge in [-0.3, -0.25) is 14.5 Å². The van der Waals surface area contributed by atoms with Gasteiger partial charge in [-0.05, 0) is 80.2 Å². The molecule has 3 aliphatic rings. The molecule has 2 saturated carbocycles. The lowest BCUT2D eigenvalue weighted by atomic mass is 9.74. The second kappa shape index (κ2) is 13.2. The van der Waals surface area contributed by atoms with Crippen LogP contribution in [-0.2, 0) is 11.3 Å². The fraction of sp³-hybridized carbons (Fsp3) is 0.459. The number of hydrogen-bond donors (Lipinski definition) is 1. The number of likely N-dealkylation sites (tertiary alicyclic amines) is 1. The van der Waals surface area contributed by atoms with Gasteiger partial charge in [0.25, 0.3) is 5.91 Å². The van der Waals surface area contributed by atoms with Gasteiger partial charge in [-0.25, -0.2) is 0 Å². The second-order valence-corrected chi connectivity index (χ2v) is 12.7. The molecular formula is C37H45N3O2. The van der Waals surface area contributed by atoms with Crippen LogP contribution < -0.4 is 5.32 Å². The molecule has 0 aromatic heterocycles. The van der Waals surface area contributed by atoms with Gasteiger partial charge in [-0.15, -0.1) is 0 Å². The van der Waals surface area contributed by atoms with Crippen molar-refractivity contribution in [3.63, 3.8) is 0 Å². The first-order valence-corrected chi connectivity index (χ1v) is 16.1. The number of rotatable bonds is 9. The SMILES string of the molecule is C[C@H](NC(=O)[C@H]1CCCC[C@@H]1c1ccc(C(=O)N(C2CC2)C2CCN(Cc3ccccc3)CC2)cc1)c1ccccc1. The van der Waals surface area contributed by atoms with E-state index in [1.54, 1.807) is 0 Å². The summed E-state index contributed by atoms with van der Waals surface area (Å²) < 4.78 is 0. The first kappa shape index (κ1) is 28.7. The highest BCUT2D eigenvalue weighted by molar-refractivity contribution is 5.95. The first-order chi connectivity index (χ1) is 20.6. The summed E-state index contributed by atoms with van der Waals surface area (Å²) in [6.07, 6.45) is 8.47. The number of carbonyl (C=O) groups excluding carboxylic acids is 2. The minimum Gasteiger partial charge on any atom is -0.349 e. The van der Waals surface area contributed by atoms with Gasteiger partial charge in [0.2, 0.25) is 5.91 Å². The maximum absolute atomic E-state index is 13.9. The van der Waals surface area contributed by atoms with Gasteiger partial charge in [-0.2, -0.15) is 0 Å². The Morgan fingerprint density at radius 3 is 2.07 bits per heavy atom. The van der Waals surface area contributed by atoms with E-state index in [0.29, 0.717) is 12.1 Å². The summed E-state index contributed by atoms with van der Waals surface area (Å²) in [7, 11) is 0. The molecule has 3 fully saturated rings. The van der Waals surface area contributed by atoms with Crippen molar-refractivity contribution >= 4 is 11.8 Å². The zero-order valence-corrected chi connectivity index (χ0v) is 25.0. The lowest BCUT2D eigenvalue weighted by Gasteiger charge is -2.39. The molecule has 3 aromatic carbocycles. The van der Waals surface area contributed by atoms with E-state index >= 15 is 0 Å². The predicted molar refractivity (Wildman–Crippen MR) is 168 cm³/mol. The summed E-state index contributed by atoms with van der Waals surface area (Å²) in [5.41, 5.74) is 4.45. The van der Waals surface area contributed by atoms with Gasteiger partial charge < -0.3 is 10.2 Å². The Kier molecular flexibility index (Phi) is 9.04. The minimum atomic E-state index is -0.0319. The van der Waals surface area contributed by atoms with Crippen LogP contribution in [0.15, 0.2) is 84.9 Å². The lowest BCUT2D eigenvalue weighted by molar-refractivity contribution is -0.127. The molecule has 5 nitrogen and oxygen atoms in total. The Hall–Kier alpha value is -3.44. The number of benzene rings is 3. The zero-order chi connectivity index (χ0) is 28.9. The van der Waals surface area contributed by atoms with E-state index < -0.39 is 0 Å². The molecule has 0 radical (unpaired) electrons. The Labute approximate surface area is 251 Å². The summed E-state index contributed by atoms with van der Waals surface area (Å²) in [6, 6.07) is 29.8. The summed E-state index contributed by atoms with van der Waals surface area (Å²) in [5.74, 6) is 0.491. The molecule has 2 aliphatic carbocycles. The van der Waals surface area contributed by atoms with Crippen molar-refractivity contribution in [2.75, 3.05) is 13.1 Å². The van der Waals surface area contributed by atoms with Crippen molar-refractivity contribution in [1.29, 1.82) is 0 Å². The molecule has 6 rings (SSSR count). The fourth-order valence-corrected chi connectivity index (χ4v) is 7.19. The highest BCUT2D eigenvalue weighted by Crippen LogP contribution is 2.39. The molecule has 3 atom stereocenters. The topological polar surface area (TPSA) is 52.7 Å². The molecule has 5 heteroatoms. The minimum absolute atomic E-state index is 0.0140. The molecule has 2 amide bonds. The normalized spacial score (nSPS) is 22.3. The molecule has 42 heavy (non-hydrogen) atoms. The van der Waals surface area contributed by atoms with Crippen molar-refractivity contribution in [3.05, 3.63) is 107 Å². The molecule has 0 spiro atoms. The first-order valence-electron chi connectivity index (χ1n) is 16.1. The summed E-state index contributed by atoms with van der Waals surface area (Å²) in [5, 5.41) is 3.28. The highest BCUT2D eigenvalue weighted by atomic mass is 16.2. The van der Waals surface area contributed by atoms with Crippen LogP contribution in [0.5, 0.6) is 0 Å². The predicted octanol–water partition coefficient (Wildman–Crippen LogP) is 7.11. The Bertz CT molecular complexity index is 1310. The summed E-state index contributed by atoms with van der Waals surface area (Å²) >= 11 is 0. The average molecular weight is 564 g/mol. The maximum Gasteiger partial charge on any atom is 0.254 e. The zero-order valence-electron chi connectivity index (χ0n) is 25.0. The van der Waals surface area contributed by atoms with E-state index in [1.165, 1.54) is 11.1 Å². The highest BCUT2D eigenvalue weighted by Gasteiger charge is 2.39.